The van der Waals surface area contributed by atoms with E-state index in [4.69, 9.17) is 0 Å². The van der Waals surface area contributed by atoms with Crippen LogP contribution < -0.4 is 24.0 Å². The van der Waals surface area contributed by atoms with Gasteiger partial charge in [-0.05, 0) is 25.5 Å². The molecule has 0 aliphatic carbocycles. The van der Waals surface area contributed by atoms with Gasteiger partial charge in [0.05, 0.1) is 18.5 Å². The van der Waals surface area contributed by atoms with Gasteiger partial charge in [0, 0.05) is 7.26 Å². The molecule has 0 heterocycles. The van der Waals surface area contributed by atoms with Gasteiger partial charge in [-0.1, -0.05) is 40.0 Å². The standard InChI is InChI=1S/C14H32PS.HI/c1-5-8-11-15(14-16-4,12-9-6-2)13-10-7-3;/h5-14H2,1-4H3;1H/q+1;/p-1. The van der Waals surface area contributed by atoms with Gasteiger partial charge in [-0.15, -0.1) is 11.8 Å². The molecule has 0 N–H and O–H groups in total. The Balaban J connectivity index is 0. The van der Waals surface area contributed by atoms with E-state index >= 15 is 0 Å². The summed E-state index contributed by atoms with van der Waals surface area (Å²) in [6.45, 7) is 7.02. The van der Waals surface area contributed by atoms with Crippen molar-refractivity contribution in [3.05, 3.63) is 0 Å². The van der Waals surface area contributed by atoms with Crippen molar-refractivity contribution < 1.29 is 24.0 Å². The Kier molecular flexibility index (Phi) is 17.1. The van der Waals surface area contributed by atoms with Gasteiger partial charge in [-0.3, -0.25) is 0 Å². The van der Waals surface area contributed by atoms with Crippen molar-refractivity contribution in [1.29, 1.82) is 0 Å². The fourth-order valence-corrected chi connectivity index (χ4v) is 9.66. The van der Waals surface area contributed by atoms with E-state index in [0.717, 1.165) is 0 Å². The summed E-state index contributed by atoms with van der Waals surface area (Å²) in [5.41, 5.74) is 1.49. The highest BCUT2D eigenvalue weighted by Crippen LogP contribution is 2.62. The Morgan fingerprint density at radius 1 is 0.765 bits per heavy atom. The smallest absolute Gasteiger partial charge is 0.104 e. The fourth-order valence-electron chi connectivity index (χ4n) is 2.28. The van der Waals surface area contributed by atoms with E-state index in [1.807, 2.05) is 0 Å². The number of halogens is 1. The molecule has 0 atom stereocenters. The molecule has 0 aromatic carbocycles. The molecule has 17 heavy (non-hydrogen) atoms. The number of hydrogen-bond acceptors (Lipinski definition) is 1. The number of thioether (sulfide) groups is 1. The molecule has 0 aromatic rings. The van der Waals surface area contributed by atoms with Gasteiger partial charge in [0.2, 0.25) is 0 Å². The van der Waals surface area contributed by atoms with Crippen molar-refractivity contribution in [2.75, 3.05) is 30.2 Å². The maximum absolute atomic E-state index is 2.34. The lowest BCUT2D eigenvalue weighted by Gasteiger charge is -2.27. The van der Waals surface area contributed by atoms with Crippen molar-refractivity contribution in [1.82, 2.24) is 0 Å². The van der Waals surface area contributed by atoms with Crippen LogP contribution in [0.1, 0.15) is 59.3 Å². The molecule has 0 spiro atoms. The lowest BCUT2D eigenvalue weighted by Crippen LogP contribution is -3.00. The van der Waals surface area contributed by atoms with Gasteiger partial charge in [0.1, 0.15) is 5.49 Å². The maximum atomic E-state index is 2.34. The molecular formula is C14H32IPS. The van der Waals surface area contributed by atoms with Gasteiger partial charge >= 0.3 is 0 Å². The third-order valence-electron chi connectivity index (χ3n) is 3.36. The molecule has 0 aliphatic rings. The Hall–Kier alpha value is 1.51. The van der Waals surface area contributed by atoms with Crippen LogP contribution in [0.2, 0.25) is 0 Å². The molecule has 0 saturated carbocycles. The van der Waals surface area contributed by atoms with Crippen molar-refractivity contribution in [2.45, 2.75) is 59.3 Å². The summed E-state index contributed by atoms with van der Waals surface area (Å²) in [6.07, 6.45) is 15.6. The van der Waals surface area contributed by atoms with Gasteiger partial charge in [-0.25, -0.2) is 0 Å². The van der Waals surface area contributed by atoms with E-state index in [1.165, 1.54) is 44.0 Å². The molecule has 3 heteroatoms. The number of hydrogen-bond donors (Lipinski definition) is 0. The lowest BCUT2D eigenvalue weighted by molar-refractivity contribution is -0.00000376. The van der Waals surface area contributed by atoms with E-state index in [0.29, 0.717) is 0 Å². The molecule has 106 valence electrons. The van der Waals surface area contributed by atoms with Gasteiger partial charge in [0.15, 0.2) is 0 Å². The van der Waals surface area contributed by atoms with Gasteiger partial charge in [-0.2, -0.15) is 0 Å². The molecule has 0 radical (unpaired) electrons. The normalized spacial score (nSPS) is 11.3. The molecule has 0 fully saturated rings. The first-order chi connectivity index (χ1) is 7.74. The minimum absolute atomic E-state index is 0. The Morgan fingerprint density at radius 3 is 1.35 bits per heavy atom. The number of unbranched alkanes of at least 4 members (excludes halogenated alkanes) is 3. The molecule has 0 aromatic heterocycles. The quantitative estimate of drug-likeness (QED) is 0.386. The molecule has 0 saturated heterocycles. The summed E-state index contributed by atoms with van der Waals surface area (Å²) in [4.78, 5) is 0. The summed E-state index contributed by atoms with van der Waals surface area (Å²) < 4.78 is 0. The lowest BCUT2D eigenvalue weighted by atomic mass is 10.4. The fraction of sp³-hybridized carbons (Fsp3) is 1.00. The molecular weight excluding hydrogens is 358 g/mol. The average molecular weight is 390 g/mol. The SMILES string of the molecule is CCCC[P+](CCCC)(CCCC)CSC.[I-]. The Labute approximate surface area is 132 Å². The molecule has 0 aliphatic heterocycles. The van der Waals surface area contributed by atoms with E-state index < -0.39 is 7.26 Å². The van der Waals surface area contributed by atoms with Crippen LogP contribution in [0.25, 0.3) is 0 Å². The van der Waals surface area contributed by atoms with Crippen LogP contribution in [-0.4, -0.2) is 30.2 Å². The molecule has 0 amide bonds. The summed E-state index contributed by atoms with van der Waals surface area (Å²) in [7, 11) is -0.583. The monoisotopic (exact) mass is 390 g/mol. The van der Waals surface area contributed by atoms with E-state index in [1.54, 1.807) is 18.5 Å². The van der Waals surface area contributed by atoms with Crippen LogP contribution in [0.4, 0.5) is 0 Å². The Morgan fingerprint density at radius 2 is 1.12 bits per heavy atom. The molecule has 0 bridgehead atoms. The third-order valence-corrected chi connectivity index (χ3v) is 10.4. The minimum Gasteiger partial charge on any atom is -1.00 e. The first-order valence-electron chi connectivity index (χ1n) is 7.08. The Bertz CT molecular complexity index is 131. The zero-order valence-corrected chi connectivity index (χ0v) is 16.2. The molecule has 0 unspecified atom stereocenters. The van der Waals surface area contributed by atoms with Crippen LogP contribution in [-0.2, 0) is 0 Å². The molecule has 0 nitrogen and oxygen atoms in total. The van der Waals surface area contributed by atoms with E-state index in [2.05, 4.69) is 38.8 Å². The van der Waals surface area contributed by atoms with Crippen molar-refractivity contribution in [3.8, 4) is 0 Å². The minimum atomic E-state index is -0.583. The van der Waals surface area contributed by atoms with Crippen LogP contribution in [0.3, 0.4) is 0 Å². The van der Waals surface area contributed by atoms with Crippen LogP contribution in [0, 0.1) is 0 Å². The zero-order valence-electron chi connectivity index (χ0n) is 12.3. The predicted octanol–water partition coefficient (Wildman–Crippen LogP) is 2.73. The van der Waals surface area contributed by atoms with Crippen LogP contribution in [0.15, 0.2) is 0 Å². The summed E-state index contributed by atoms with van der Waals surface area (Å²) >= 11 is 2.11. The number of rotatable bonds is 11. The largest absolute Gasteiger partial charge is 1.00 e. The summed E-state index contributed by atoms with van der Waals surface area (Å²) in [5.74, 6) is 0. The maximum Gasteiger partial charge on any atom is 0.104 e. The van der Waals surface area contributed by atoms with Crippen LogP contribution >= 0.6 is 19.0 Å². The van der Waals surface area contributed by atoms with E-state index in [9.17, 15) is 0 Å². The van der Waals surface area contributed by atoms with E-state index in [-0.39, 0.29) is 24.0 Å². The van der Waals surface area contributed by atoms with Gasteiger partial charge in [0.25, 0.3) is 0 Å². The topological polar surface area (TPSA) is 0 Å². The third kappa shape index (κ3) is 10.0. The predicted molar refractivity (Wildman–Crippen MR) is 84.6 cm³/mol. The highest BCUT2D eigenvalue weighted by atomic mass is 127. The first kappa shape index (κ1) is 20.8. The second kappa shape index (κ2) is 13.9. The zero-order chi connectivity index (χ0) is 12.3. The van der Waals surface area contributed by atoms with Crippen LogP contribution in [0.5, 0.6) is 0 Å². The first-order valence-corrected chi connectivity index (χ1v) is 11.0. The van der Waals surface area contributed by atoms with Gasteiger partial charge < -0.3 is 24.0 Å². The highest BCUT2D eigenvalue weighted by Gasteiger charge is 2.34. The summed E-state index contributed by atoms with van der Waals surface area (Å²) in [6, 6.07) is 0. The molecule has 0 rings (SSSR count). The van der Waals surface area contributed by atoms with Crippen molar-refractivity contribution in [2.24, 2.45) is 0 Å². The average Bonchev–Trinajstić information content (AvgIpc) is 2.31. The highest BCUT2D eigenvalue weighted by molar-refractivity contribution is 8.07. The second-order valence-electron chi connectivity index (χ2n) is 4.99. The van der Waals surface area contributed by atoms with Crippen molar-refractivity contribution >= 4 is 19.0 Å². The second-order valence-corrected chi connectivity index (χ2v) is 10.6. The van der Waals surface area contributed by atoms with Crippen molar-refractivity contribution in [3.63, 3.8) is 0 Å². The summed E-state index contributed by atoms with van der Waals surface area (Å²) in [5, 5.41) is 0.